The van der Waals surface area contributed by atoms with Crippen molar-refractivity contribution >= 4 is 11.4 Å². The molecule has 1 heterocycles. The molecule has 0 spiro atoms. The molecule has 0 unspecified atom stereocenters. The maximum absolute atomic E-state index is 11.0. The van der Waals surface area contributed by atoms with Gasteiger partial charge in [-0.05, 0) is 19.1 Å². The minimum absolute atomic E-state index is 0.0504. The first kappa shape index (κ1) is 13.5. The minimum Gasteiger partial charge on any atom is -0.375 e. The molecule has 7 heteroatoms. The molecule has 7 nitrogen and oxygen atoms in total. The van der Waals surface area contributed by atoms with Crippen molar-refractivity contribution < 1.29 is 4.92 Å². The van der Waals surface area contributed by atoms with Crippen LogP contribution in [0.1, 0.15) is 16.8 Å². The van der Waals surface area contributed by atoms with Crippen LogP contribution in [0.15, 0.2) is 24.4 Å². The zero-order valence-electron chi connectivity index (χ0n) is 11.1. The number of nitriles is 1. The van der Waals surface area contributed by atoms with E-state index in [1.807, 2.05) is 26.2 Å². The molecule has 0 fully saturated rings. The zero-order chi connectivity index (χ0) is 14.7. The monoisotopic (exact) mass is 271 g/mol. The molecule has 2 aromatic rings. The molecule has 20 heavy (non-hydrogen) atoms. The summed E-state index contributed by atoms with van der Waals surface area (Å²) in [6.45, 7) is 2.28. The van der Waals surface area contributed by atoms with Gasteiger partial charge in [0.1, 0.15) is 5.69 Å². The van der Waals surface area contributed by atoms with E-state index in [4.69, 9.17) is 5.26 Å². The Balaban J connectivity index is 2.26. The second kappa shape index (κ2) is 5.40. The molecule has 0 bridgehead atoms. The van der Waals surface area contributed by atoms with Crippen molar-refractivity contribution in [2.45, 2.75) is 13.5 Å². The van der Waals surface area contributed by atoms with Gasteiger partial charge in [0, 0.05) is 31.4 Å². The molecule has 0 aliphatic heterocycles. The van der Waals surface area contributed by atoms with E-state index in [-0.39, 0.29) is 5.69 Å². The summed E-state index contributed by atoms with van der Waals surface area (Å²) >= 11 is 0. The van der Waals surface area contributed by atoms with Crippen LogP contribution in [0.25, 0.3) is 0 Å². The zero-order valence-corrected chi connectivity index (χ0v) is 11.1. The van der Waals surface area contributed by atoms with Crippen LogP contribution in [0.2, 0.25) is 0 Å². The topological polar surface area (TPSA) is 96.8 Å². The van der Waals surface area contributed by atoms with Crippen molar-refractivity contribution in [3.8, 4) is 6.07 Å². The lowest BCUT2D eigenvalue weighted by Crippen LogP contribution is -2.03. The van der Waals surface area contributed by atoms with Gasteiger partial charge in [-0.1, -0.05) is 0 Å². The van der Waals surface area contributed by atoms with Gasteiger partial charge in [0.25, 0.3) is 5.69 Å². The third-order valence-electron chi connectivity index (χ3n) is 2.91. The molecule has 0 saturated carbocycles. The first-order valence-electron chi connectivity index (χ1n) is 5.93. The number of nitrogens with zero attached hydrogens (tertiary/aromatic N) is 4. The van der Waals surface area contributed by atoms with Gasteiger partial charge in [-0.25, -0.2) is 0 Å². The largest absolute Gasteiger partial charge is 0.375 e. The predicted molar refractivity (Wildman–Crippen MR) is 73.1 cm³/mol. The second-order valence-electron chi connectivity index (χ2n) is 4.37. The summed E-state index contributed by atoms with van der Waals surface area (Å²) in [5.41, 5.74) is 2.46. The molecule has 0 aliphatic carbocycles. The highest BCUT2D eigenvalue weighted by molar-refractivity contribution is 5.64. The Labute approximate surface area is 115 Å². The summed E-state index contributed by atoms with van der Waals surface area (Å²) in [4.78, 5) is 10.5. The molecule has 0 saturated heterocycles. The summed E-state index contributed by atoms with van der Waals surface area (Å²) in [6.07, 6.45) is 1.85. The number of benzene rings is 1. The Morgan fingerprint density at radius 1 is 1.55 bits per heavy atom. The van der Waals surface area contributed by atoms with Gasteiger partial charge in [-0.3, -0.25) is 14.8 Å². The summed E-state index contributed by atoms with van der Waals surface area (Å²) < 4.78 is 1.69. The van der Waals surface area contributed by atoms with Crippen molar-refractivity contribution in [2.75, 3.05) is 5.32 Å². The first-order valence-corrected chi connectivity index (χ1v) is 5.93. The van der Waals surface area contributed by atoms with Crippen molar-refractivity contribution in [3.63, 3.8) is 0 Å². The van der Waals surface area contributed by atoms with Crippen LogP contribution in [-0.2, 0) is 13.6 Å². The minimum atomic E-state index is -0.473. The SMILES string of the molecule is Cc1nn(C)cc1CNc1cc(C#N)ccc1[N+](=O)[O-]. The molecule has 0 atom stereocenters. The van der Waals surface area contributed by atoms with E-state index in [2.05, 4.69) is 10.4 Å². The standard InChI is InChI=1S/C13H13N5O2/c1-9-11(8-17(2)16-9)7-15-12-5-10(6-14)3-4-13(12)18(19)20/h3-5,8,15H,7H2,1-2H3. The van der Waals surface area contributed by atoms with Gasteiger partial charge in [0.05, 0.1) is 22.2 Å². The van der Waals surface area contributed by atoms with Crippen molar-refractivity contribution in [3.05, 3.63) is 51.3 Å². The number of hydrogen-bond acceptors (Lipinski definition) is 5. The Morgan fingerprint density at radius 2 is 2.30 bits per heavy atom. The molecule has 0 amide bonds. The van der Waals surface area contributed by atoms with Gasteiger partial charge < -0.3 is 5.32 Å². The summed E-state index contributed by atoms with van der Waals surface area (Å²) in [5.74, 6) is 0. The quantitative estimate of drug-likeness (QED) is 0.678. The van der Waals surface area contributed by atoms with Gasteiger partial charge >= 0.3 is 0 Å². The van der Waals surface area contributed by atoms with Gasteiger partial charge in [0.15, 0.2) is 0 Å². The highest BCUT2D eigenvalue weighted by Gasteiger charge is 2.14. The van der Waals surface area contributed by atoms with Crippen LogP contribution in [0.3, 0.4) is 0 Å². The Morgan fingerprint density at radius 3 is 2.85 bits per heavy atom. The number of nitrogens with one attached hydrogen (secondary N) is 1. The van der Waals surface area contributed by atoms with Gasteiger partial charge in [0.2, 0.25) is 0 Å². The molecule has 2 rings (SSSR count). The summed E-state index contributed by atoms with van der Waals surface area (Å²) in [7, 11) is 1.81. The van der Waals surface area contributed by atoms with E-state index in [0.29, 0.717) is 17.8 Å². The molecule has 0 radical (unpaired) electrons. The van der Waals surface area contributed by atoms with E-state index >= 15 is 0 Å². The van der Waals surface area contributed by atoms with Crippen molar-refractivity contribution in [1.82, 2.24) is 9.78 Å². The molecule has 102 valence electrons. The average molecular weight is 271 g/mol. The Hall–Kier alpha value is -2.88. The Bertz CT molecular complexity index is 699. The van der Waals surface area contributed by atoms with Crippen molar-refractivity contribution in [2.24, 2.45) is 7.05 Å². The number of anilines is 1. The smallest absolute Gasteiger partial charge is 0.292 e. The Kier molecular flexibility index (Phi) is 3.66. The fourth-order valence-electron chi connectivity index (χ4n) is 1.92. The van der Waals surface area contributed by atoms with E-state index in [0.717, 1.165) is 11.3 Å². The highest BCUT2D eigenvalue weighted by Crippen LogP contribution is 2.26. The van der Waals surface area contributed by atoms with E-state index in [1.54, 1.807) is 4.68 Å². The number of aryl methyl sites for hydroxylation is 2. The van der Waals surface area contributed by atoms with Crippen LogP contribution >= 0.6 is 0 Å². The van der Waals surface area contributed by atoms with Gasteiger partial charge in [-0.15, -0.1) is 0 Å². The predicted octanol–water partition coefficient (Wildman–Crippen LogP) is 2.12. The summed E-state index contributed by atoms with van der Waals surface area (Å²) in [6, 6.07) is 6.20. The number of aromatic nitrogens is 2. The molecule has 1 aromatic heterocycles. The number of nitro groups is 1. The normalized spacial score (nSPS) is 10.1. The molecular formula is C13H13N5O2. The average Bonchev–Trinajstić information content (AvgIpc) is 2.74. The maximum Gasteiger partial charge on any atom is 0.292 e. The highest BCUT2D eigenvalue weighted by atomic mass is 16.6. The van der Waals surface area contributed by atoms with E-state index in [9.17, 15) is 10.1 Å². The van der Waals surface area contributed by atoms with Crippen LogP contribution in [0, 0.1) is 28.4 Å². The summed E-state index contributed by atoms with van der Waals surface area (Å²) in [5, 5.41) is 27.0. The number of rotatable bonds is 4. The molecule has 1 aromatic carbocycles. The molecule has 0 aliphatic rings. The lowest BCUT2D eigenvalue weighted by Gasteiger charge is -2.06. The number of nitro benzene ring substituents is 1. The van der Waals surface area contributed by atoms with Crippen LogP contribution < -0.4 is 5.32 Å². The van der Waals surface area contributed by atoms with E-state index < -0.39 is 4.92 Å². The third kappa shape index (κ3) is 2.75. The van der Waals surface area contributed by atoms with Crippen LogP contribution in [-0.4, -0.2) is 14.7 Å². The van der Waals surface area contributed by atoms with Gasteiger partial charge in [-0.2, -0.15) is 10.4 Å². The second-order valence-corrected chi connectivity index (χ2v) is 4.37. The number of hydrogen-bond donors (Lipinski definition) is 1. The van der Waals surface area contributed by atoms with Crippen molar-refractivity contribution in [1.29, 1.82) is 5.26 Å². The third-order valence-corrected chi connectivity index (χ3v) is 2.91. The first-order chi connectivity index (χ1) is 9.51. The molecule has 1 N–H and O–H groups in total. The van der Waals surface area contributed by atoms with Crippen LogP contribution in [0.4, 0.5) is 11.4 Å². The molecular weight excluding hydrogens is 258 g/mol. The fraction of sp³-hybridized carbons (Fsp3) is 0.231. The lowest BCUT2D eigenvalue weighted by atomic mass is 10.1. The fourth-order valence-corrected chi connectivity index (χ4v) is 1.92. The van der Waals surface area contributed by atoms with E-state index in [1.165, 1.54) is 18.2 Å². The maximum atomic E-state index is 11.0. The lowest BCUT2D eigenvalue weighted by molar-refractivity contribution is -0.384. The van der Waals surface area contributed by atoms with Crippen LogP contribution in [0.5, 0.6) is 0 Å².